The molecule has 5 heteroatoms. The fourth-order valence-electron chi connectivity index (χ4n) is 1.48. The third kappa shape index (κ3) is 3.20. The first-order valence-electron chi connectivity index (χ1n) is 5.85. The van der Waals surface area contributed by atoms with Gasteiger partial charge in [0.1, 0.15) is 17.5 Å². The summed E-state index contributed by atoms with van der Waals surface area (Å²) in [6.07, 6.45) is 0. The maximum absolute atomic E-state index is 5.82. The summed E-state index contributed by atoms with van der Waals surface area (Å²) < 4.78 is 0. The van der Waals surface area contributed by atoms with Crippen molar-refractivity contribution in [1.29, 1.82) is 0 Å². The lowest BCUT2D eigenvalue weighted by Gasteiger charge is -2.18. The van der Waals surface area contributed by atoms with Gasteiger partial charge in [-0.1, -0.05) is 20.8 Å². The monoisotopic (exact) mass is 262 g/mol. The summed E-state index contributed by atoms with van der Waals surface area (Å²) in [6, 6.07) is 3.86. The minimum atomic E-state index is -0.103. The smallest absolute Gasteiger partial charge is 0.138 e. The molecule has 0 saturated heterocycles. The Bertz CT molecular complexity index is 514. The van der Waals surface area contributed by atoms with E-state index >= 15 is 0 Å². The van der Waals surface area contributed by atoms with E-state index in [1.165, 1.54) is 5.56 Å². The average molecular weight is 262 g/mol. The highest BCUT2D eigenvalue weighted by Crippen LogP contribution is 2.21. The molecule has 0 bridgehead atoms. The molecule has 0 aromatic carbocycles. The second kappa shape index (κ2) is 4.94. The van der Waals surface area contributed by atoms with Gasteiger partial charge in [-0.25, -0.2) is 9.97 Å². The number of rotatable bonds is 3. The van der Waals surface area contributed by atoms with Crippen LogP contribution < -0.4 is 11.1 Å². The van der Waals surface area contributed by atoms with Crippen LogP contribution in [0.5, 0.6) is 0 Å². The highest BCUT2D eigenvalue weighted by atomic mass is 32.1. The van der Waals surface area contributed by atoms with E-state index in [1.54, 1.807) is 17.4 Å². The molecular formula is C13H18N4S. The molecule has 2 rings (SSSR count). The van der Waals surface area contributed by atoms with E-state index in [2.05, 4.69) is 52.9 Å². The number of hydrogen-bond donors (Lipinski definition) is 2. The van der Waals surface area contributed by atoms with Gasteiger partial charge in [-0.2, -0.15) is 11.3 Å². The van der Waals surface area contributed by atoms with Crippen molar-refractivity contribution in [3.63, 3.8) is 0 Å². The van der Waals surface area contributed by atoms with Gasteiger partial charge in [0.2, 0.25) is 0 Å². The molecule has 0 aliphatic rings. The molecule has 0 fully saturated rings. The molecule has 0 aliphatic carbocycles. The first-order valence-corrected chi connectivity index (χ1v) is 6.79. The van der Waals surface area contributed by atoms with Gasteiger partial charge in [-0.15, -0.1) is 0 Å². The van der Waals surface area contributed by atoms with Gasteiger partial charge in [0.25, 0.3) is 0 Å². The number of nitrogens with one attached hydrogen (secondary N) is 1. The molecule has 3 N–H and O–H groups in total. The standard InChI is InChI=1S/C13H18N4S/c1-13(2,3)12-16-10(14)6-11(17-12)15-7-9-4-5-18-8-9/h4-6,8H,7H2,1-3H3,(H3,14,15,16,17). The zero-order valence-corrected chi connectivity index (χ0v) is 11.7. The fourth-order valence-corrected chi connectivity index (χ4v) is 2.15. The molecular weight excluding hydrogens is 244 g/mol. The van der Waals surface area contributed by atoms with Crippen LogP contribution in [0.2, 0.25) is 0 Å². The number of thiophene rings is 1. The molecule has 2 heterocycles. The predicted octanol–water partition coefficient (Wildman–Crippen LogP) is 3.03. The maximum Gasteiger partial charge on any atom is 0.138 e. The van der Waals surface area contributed by atoms with Crippen LogP contribution in [-0.2, 0) is 12.0 Å². The van der Waals surface area contributed by atoms with E-state index in [0.29, 0.717) is 5.82 Å². The van der Waals surface area contributed by atoms with Gasteiger partial charge in [0.05, 0.1) is 0 Å². The van der Waals surface area contributed by atoms with Gasteiger partial charge < -0.3 is 11.1 Å². The van der Waals surface area contributed by atoms with Gasteiger partial charge in [0.15, 0.2) is 0 Å². The van der Waals surface area contributed by atoms with Crippen molar-refractivity contribution < 1.29 is 0 Å². The Kier molecular flexibility index (Phi) is 3.52. The summed E-state index contributed by atoms with van der Waals surface area (Å²) in [5.74, 6) is 2.04. The molecule has 2 aromatic heterocycles. The van der Waals surface area contributed by atoms with E-state index in [1.807, 2.05) is 0 Å². The maximum atomic E-state index is 5.82. The number of anilines is 2. The Hall–Kier alpha value is -1.62. The molecule has 4 nitrogen and oxygen atoms in total. The molecule has 18 heavy (non-hydrogen) atoms. The molecule has 2 aromatic rings. The molecule has 0 aliphatic heterocycles. The zero-order valence-electron chi connectivity index (χ0n) is 10.9. The van der Waals surface area contributed by atoms with Crippen LogP contribution in [0.1, 0.15) is 32.2 Å². The minimum absolute atomic E-state index is 0.103. The lowest BCUT2D eigenvalue weighted by Crippen LogP contribution is -2.18. The lowest BCUT2D eigenvalue weighted by atomic mass is 9.96. The van der Waals surface area contributed by atoms with E-state index in [9.17, 15) is 0 Å². The number of aromatic nitrogens is 2. The SMILES string of the molecule is CC(C)(C)c1nc(N)cc(NCc2ccsc2)n1. The van der Waals surface area contributed by atoms with Crippen LogP contribution in [0.3, 0.4) is 0 Å². The molecule has 0 saturated carbocycles. The third-order valence-electron chi connectivity index (χ3n) is 2.47. The van der Waals surface area contributed by atoms with Crippen LogP contribution in [0, 0.1) is 0 Å². The molecule has 0 unspecified atom stereocenters. The highest BCUT2D eigenvalue weighted by molar-refractivity contribution is 7.07. The van der Waals surface area contributed by atoms with Crippen LogP contribution in [0.15, 0.2) is 22.9 Å². The van der Waals surface area contributed by atoms with Crippen molar-refractivity contribution in [2.75, 3.05) is 11.1 Å². The quantitative estimate of drug-likeness (QED) is 0.892. The molecule has 96 valence electrons. The second-order valence-electron chi connectivity index (χ2n) is 5.24. The average Bonchev–Trinajstić information content (AvgIpc) is 2.77. The minimum Gasteiger partial charge on any atom is -0.384 e. The lowest BCUT2D eigenvalue weighted by molar-refractivity contribution is 0.547. The summed E-state index contributed by atoms with van der Waals surface area (Å²) in [6.45, 7) is 6.98. The zero-order chi connectivity index (χ0) is 13.2. The number of nitrogen functional groups attached to an aromatic ring is 1. The van der Waals surface area contributed by atoms with Crippen LogP contribution in [0.25, 0.3) is 0 Å². The third-order valence-corrected chi connectivity index (χ3v) is 3.20. The largest absolute Gasteiger partial charge is 0.384 e. The first-order chi connectivity index (χ1) is 8.45. The van der Waals surface area contributed by atoms with Gasteiger partial charge in [-0.05, 0) is 22.4 Å². The summed E-state index contributed by atoms with van der Waals surface area (Å²) in [5, 5.41) is 7.45. The highest BCUT2D eigenvalue weighted by Gasteiger charge is 2.18. The summed E-state index contributed by atoms with van der Waals surface area (Å²) in [5.41, 5.74) is 6.96. The Morgan fingerprint density at radius 3 is 2.72 bits per heavy atom. The van der Waals surface area contributed by atoms with Crippen LogP contribution >= 0.6 is 11.3 Å². The van der Waals surface area contributed by atoms with Crippen molar-refractivity contribution in [1.82, 2.24) is 9.97 Å². The summed E-state index contributed by atoms with van der Waals surface area (Å²) >= 11 is 1.69. The fraction of sp³-hybridized carbons (Fsp3) is 0.385. The van der Waals surface area contributed by atoms with Crippen molar-refractivity contribution >= 4 is 23.0 Å². The van der Waals surface area contributed by atoms with E-state index in [-0.39, 0.29) is 5.41 Å². The second-order valence-corrected chi connectivity index (χ2v) is 6.02. The first kappa shape index (κ1) is 12.8. The van der Waals surface area contributed by atoms with Crippen molar-refractivity contribution in [3.05, 3.63) is 34.3 Å². The van der Waals surface area contributed by atoms with Crippen LogP contribution in [-0.4, -0.2) is 9.97 Å². The summed E-state index contributed by atoms with van der Waals surface area (Å²) in [7, 11) is 0. The molecule has 0 spiro atoms. The Morgan fingerprint density at radius 1 is 1.33 bits per heavy atom. The number of hydrogen-bond acceptors (Lipinski definition) is 5. The summed E-state index contributed by atoms with van der Waals surface area (Å²) in [4.78, 5) is 8.78. The topological polar surface area (TPSA) is 63.8 Å². The Labute approximate surface area is 111 Å². The molecule has 0 amide bonds. The van der Waals surface area contributed by atoms with Gasteiger partial charge in [0, 0.05) is 18.0 Å². The Balaban J connectivity index is 2.15. The predicted molar refractivity (Wildman–Crippen MR) is 76.8 cm³/mol. The van der Waals surface area contributed by atoms with Gasteiger partial charge >= 0.3 is 0 Å². The van der Waals surface area contributed by atoms with E-state index in [4.69, 9.17) is 5.73 Å². The normalized spacial score (nSPS) is 11.5. The number of nitrogens with zero attached hydrogens (tertiary/aromatic N) is 2. The number of nitrogens with two attached hydrogens (primary N) is 1. The van der Waals surface area contributed by atoms with Crippen molar-refractivity contribution in [2.45, 2.75) is 32.7 Å². The molecule has 0 atom stereocenters. The van der Waals surface area contributed by atoms with Crippen molar-refractivity contribution in [3.8, 4) is 0 Å². The Morgan fingerprint density at radius 2 is 2.11 bits per heavy atom. The van der Waals surface area contributed by atoms with Crippen molar-refractivity contribution in [2.24, 2.45) is 0 Å². The van der Waals surface area contributed by atoms with Gasteiger partial charge in [-0.3, -0.25) is 0 Å². The van der Waals surface area contributed by atoms with E-state index in [0.717, 1.165) is 18.2 Å². The van der Waals surface area contributed by atoms with E-state index < -0.39 is 0 Å². The molecule has 0 radical (unpaired) electrons. The van der Waals surface area contributed by atoms with Crippen LogP contribution in [0.4, 0.5) is 11.6 Å².